The van der Waals surface area contributed by atoms with Crippen molar-refractivity contribution < 1.29 is 14.0 Å². The number of amides is 3. The lowest BCUT2D eigenvalue weighted by Gasteiger charge is -2.30. The number of aromatic nitrogens is 4. The van der Waals surface area contributed by atoms with E-state index in [0.29, 0.717) is 23.2 Å². The molecule has 3 amide bonds. The fourth-order valence-corrected chi connectivity index (χ4v) is 4.32. The standard InChI is InChI=1S/C24H30FN9O2/c1-33(2)24(36)31-16-7-5-15(6-8-16)29-21-12-18(28-14-3-4-14)22-27-13-19(34(22)32-21)23(35)30-17-9-10-26-20(25)11-17/h9-16,28H,3-8H2,1-2H3,(H,29,32)(H,31,36)(H,26,30,35). The predicted molar refractivity (Wildman–Crippen MR) is 134 cm³/mol. The summed E-state index contributed by atoms with van der Waals surface area (Å²) >= 11 is 0. The van der Waals surface area contributed by atoms with E-state index in [1.165, 1.54) is 23.0 Å². The second-order valence-electron chi connectivity index (χ2n) is 9.60. The van der Waals surface area contributed by atoms with Gasteiger partial charge in [-0.15, -0.1) is 5.10 Å². The largest absolute Gasteiger partial charge is 0.379 e. The van der Waals surface area contributed by atoms with Crippen molar-refractivity contribution in [2.75, 3.05) is 30.0 Å². The van der Waals surface area contributed by atoms with E-state index in [-0.39, 0.29) is 23.8 Å². The molecule has 0 saturated heterocycles. The molecular weight excluding hydrogens is 465 g/mol. The Labute approximate surface area is 207 Å². The van der Waals surface area contributed by atoms with E-state index in [9.17, 15) is 14.0 Å². The van der Waals surface area contributed by atoms with Crippen LogP contribution in [0.4, 0.5) is 26.4 Å². The van der Waals surface area contributed by atoms with Gasteiger partial charge in [-0.2, -0.15) is 4.39 Å². The van der Waals surface area contributed by atoms with Gasteiger partial charge in [0.25, 0.3) is 5.91 Å². The molecule has 0 bridgehead atoms. The zero-order valence-electron chi connectivity index (χ0n) is 20.3. The number of rotatable bonds is 7. The minimum atomic E-state index is -0.678. The van der Waals surface area contributed by atoms with Gasteiger partial charge in [0.05, 0.1) is 11.9 Å². The molecule has 3 aromatic rings. The number of anilines is 3. The maximum atomic E-state index is 13.5. The second-order valence-corrected chi connectivity index (χ2v) is 9.60. The van der Waals surface area contributed by atoms with Crippen molar-refractivity contribution in [3.63, 3.8) is 0 Å². The van der Waals surface area contributed by atoms with E-state index in [4.69, 9.17) is 0 Å². The summed E-state index contributed by atoms with van der Waals surface area (Å²) in [5.74, 6) is -0.497. The predicted octanol–water partition coefficient (Wildman–Crippen LogP) is 3.08. The van der Waals surface area contributed by atoms with E-state index in [1.54, 1.807) is 19.0 Å². The number of hydrogen-bond acceptors (Lipinski definition) is 7. The van der Waals surface area contributed by atoms with Gasteiger partial charge in [0.1, 0.15) is 5.82 Å². The molecule has 2 saturated carbocycles. The molecule has 2 aliphatic carbocycles. The summed E-state index contributed by atoms with van der Waals surface area (Å²) in [5, 5.41) is 17.4. The van der Waals surface area contributed by atoms with E-state index >= 15 is 0 Å². The fourth-order valence-electron chi connectivity index (χ4n) is 4.32. The molecular formula is C24H30FN9O2. The summed E-state index contributed by atoms with van der Waals surface area (Å²) in [4.78, 5) is 34.4. The Morgan fingerprint density at radius 1 is 1.00 bits per heavy atom. The second kappa shape index (κ2) is 9.96. The highest BCUT2D eigenvalue weighted by molar-refractivity contribution is 6.03. The summed E-state index contributed by atoms with van der Waals surface area (Å²) in [6.45, 7) is 0. The maximum Gasteiger partial charge on any atom is 0.317 e. The Kier molecular flexibility index (Phi) is 6.57. The smallest absolute Gasteiger partial charge is 0.317 e. The summed E-state index contributed by atoms with van der Waals surface area (Å²) in [7, 11) is 3.47. The molecule has 0 unspecified atom stereocenters. The Balaban J connectivity index is 1.33. The van der Waals surface area contributed by atoms with Crippen LogP contribution in [0.1, 0.15) is 49.0 Å². The van der Waals surface area contributed by atoms with Crippen molar-refractivity contribution >= 4 is 34.8 Å². The minimum absolute atomic E-state index is 0.0743. The molecule has 0 spiro atoms. The molecule has 2 fully saturated rings. The van der Waals surface area contributed by atoms with Crippen molar-refractivity contribution in [1.29, 1.82) is 0 Å². The number of nitrogens with one attached hydrogen (secondary N) is 4. The van der Waals surface area contributed by atoms with Crippen LogP contribution in [0.2, 0.25) is 0 Å². The molecule has 36 heavy (non-hydrogen) atoms. The quantitative estimate of drug-likeness (QED) is 0.371. The van der Waals surface area contributed by atoms with Gasteiger partial charge >= 0.3 is 6.03 Å². The van der Waals surface area contributed by atoms with Crippen LogP contribution in [0.5, 0.6) is 0 Å². The Morgan fingerprint density at radius 3 is 2.39 bits per heavy atom. The number of pyridine rings is 1. The van der Waals surface area contributed by atoms with Gasteiger partial charge in [-0.25, -0.2) is 19.3 Å². The molecule has 190 valence electrons. The van der Waals surface area contributed by atoms with Gasteiger partial charge in [0, 0.05) is 56.2 Å². The van der Waals surface area contributed by atoms with Gasteiger partial charge in [-0.3, -0.25) is 4.79 Å². The van der Waals surface area contributed by atoms with Crippen molar-refractivity contribution in [2.24, 2.45) is 0 Å². The molecule has 0 radical (unpaired) electrons. The highest BCUT2D eigenvalue weighted by atomic mass is 19.1. The fraction of sp³-hybridized carbons (Fsp3) is 0.458. The topological polar surface area (TPSA) is 129 Å². The molecule has 4 N–H and O–H groups in total. The maximum absolute atomic E-state index is 13.5. The van der Waals surface area contributed by atoms with E-state index < -0.39 is 11.9 Å². The molecule has 12 heteroatoms. The lowest BCUT2D eigenvalue weighted by molar-refractivity contribution is 0.102. The zero-order chi connectivity index (χ0) is 25.2. The third-order valence-electron chi connectivity index (χ3n) is 6.43. The lowest BCUT2D eigenvalue weighted by atomic mass is 9.91. The normalized spacial score (nSPS) is 19.5. The molecule has 3 heterocycles. The number of imidazole rings is 1. The summed E-state index contributed by atoms with van der Waals surface area (Å²) in [6.07, 6.45) is 8.43. The lowest BCUT2D eigenvalue weighted by Crippen LogP contribution is -2.44. The zero-order valence-corrected chi connectivity index (χ0v) is 20.3. The summed E-state index contributed by atoms with van der Waals surface area (Å²) in [6, 6.07) is 5.25. The molecule has 3 aromatic heterocycles. The first kappa shape index (κ1) is 23.8. The monoisotopic (exact) mass is 495 g/mol. The minimum Gasteiger partial charge on any atom is -0.379 e. The van der Waals surface area contributed by atoms with E-state index in [0.717, 1.165) is 50.3 Å². The van der Waals surface area contributed by atoms with Crippen LogP contribution < -0.4 is 21.3 Å². The number of hydrogen-bond donors (Lipinski definition) is 4. The third kappa shape index (κ3) is 5.47. The average Bonchev–Trinajstić information content (AvgIpc) is 3.55. The van der Waals surface area contributed by atoms with E-state index in [2.05, 4.69) is 36.3 Å². The van der Waals surface area contributed by atoms with Crippen molar-refractivity contribution in [3.05, 3.63) is 42.2 Å². The number of carbonyl (C=O) groups is 2. The number of fused-ring (bicyclic) bond motifs is 1. The van der Waals surface area contributed by atoms with Crippen LogP contribution in [0.15, 0.2) is 30.6 Å². The average molecular weight is 496 g/mol. The van der Waals surface area contributed by atoms with Crippen LogP contribution in [0.3, 0.4) is 0 Å². The highest BCUT2D eigenvalue weighted by Crippen LogP contribution is 2.30. The first-order valence-corrected chi connectivity index (χ1v) is 12.2. The van der Waals surface area contributed by atoms with Gasteiger partial charge in [0.2, 0.25) is 5.95 Å². The van der Waals surface area contributed by atoms with Crippen LogP contribution in [0.25, 0.3) is 5.65 Å². The van der Waals surface area contributed by atoms with Crippen LogP contribution in [0, 0.1) is 5.95 Å². The van der Waals surface area contributed by atoms with Crippen LogP contribution >= 0.6 is 0 Å². The molecule has 0 aliphatic heterocycles. The van der Waals surface area contributed by atoms with E-state index in [1.807, 2.05) is 6.07 Å². The Hall–Kier alpha value is -3.96. The molecule has 11 nitrogen and oxygen atoms in total. The van der Waals surface area contributed by atoms with Crippen LogP contribution in [-0.4, -0.2) is 68.6 Å². The van der Waals surface area contributed by atoms with Gasteiger partial charge < -0.3 is 26.2 Å². The van der Waals surface area contributed by atoms with Crippen LogP contribution in [-0.2, 0) is 0 Å². The SMILES string of the molecule is CN(C)C(=O)NC1CCC(Nc2cc(NC3CC3)c3ncc(C(=O)Nc4ccnc(F)c4)n3n2)CC1. The Bertz CT molecular complexity index is 1270. The first-order valence-electron chi connectivity index (χ1n) is 12.2. The van der Waals surface area contributed by atoms with Crippen molar-refractivity contribution in [2.45, 2.75) is 56.7 Å². The molecule has 2 aliphatic rings. The molecule has 5 rings (SSSR count). The van der Waals surface area contributed by atoms with Gasteiger partial charge in [-0.05, 0) is 44.6 Å². The summed E-state index contributed by atoms with van der Waals surface area (Å²) in [5.41, 5.74) is 1.88. The third-order valence-corrected chi connectivity index (χ3v) is 6.43. The number of urea groups is 1. The highest BCUT2D eigenvalue weighted by Gasteiger charge is 2.26. The van der Waals surface area contributed by atoms with Crippen molar-refractivity contribution in [3.8, 4) is 0 Å². The first-order chi connectivity index (χ1) is 17.4. The molecule has 0 aromatic carbocycles. The van der Waals surface area contributed by atoms with Gasteiger partial charge in [-0.1, -0.05) is 0 Å². The summed E-state index contributed by atoms with van der Waals surface area (Å²) < 4.78 is 15.0. The van der Waals surface area contributed by atoms with Crippen molar-refractivity contribution in [1.82, 2.24) is 29.8 Å². The number of nitrogens with zero attached hydrogens (tertiary/aromatic N) is 5. The number of carbonyl (C=O) groups excluding carboxylic acids is 2. The number of halogens is 1. The molecule has 0 atom stereocenters. The van der Waals surface area contributed by atoms with Gasteiger partial charge in [0.15, 0.2) is 11.3 Å². The Morgan fingerprint density at radius 2 is 1.69 bits per heavy atom.